The van der Waals surface area contributed by atoms with E-state index in [0.29, 0.717) is 0 Å². The van der Waals surface area contributed by atoms with Crippen LogP contribution in [0.3, 0.4) is 0 Å². The monoisotopic (exact) mass is 152 g/mol. The van der Waals surface area contributed by atoms with Gasteiger partial charge in [0.15, 0.2) is 0 Å². The lowest BCUT2D eigenvalue weighted by Gasteiger charge is -1.80. The van der Waals surface area contributed by atoms with Crippen molar-refractivity contribution in [3.8, 4) is 0 Å². The molecule has 0 atom stereocenters. The SMILES string of the molecule is O=c1[nH]c2cnccc2s1. The molecule has 0 aliphatic rings. The standard InChI is InChI=1S/C6H4N2OS/c9-6-8-4-3-7-2-1-5(4)10-6/h1-3H,(H,8,9). The second-order valence-corrected chi connectivity index (χ2v) is 2.90. The van der Waals surface area contributed by atoms with Gasteiger partial charge in [-0.25, -0.2) is 0 Å². The Hall–Kier alpha value is -1.16. The molecule has 1 N–H and O–H groups in total. The minimum atomic E-state index is -0.0250. The fraction of sp³-hybridized carbons (Fsp3) is 0. The van der Waals surface area contributed by atoms with Crippen LogP contribution in [0.4, 0.5) is 0 Å². The highest BCUT2D eigenvalue weighted by Gasteiger charge is 1.94. The van der Waals surface area contributed by atoms with Gasteiger partial charge >= 0.3 is 4.87 Å². The number of hydrogen-bond donors (Lipinski definition) is 1. The molecule has 2 heterocycles. The summed E-state index contributed by atoms with van der Waals surface area (Å²) < 4.78 is 0.958. The van der Waals surface area contributed by atoms with E-state index >= 15 is 0 Å². The van der Waals surface area contributed by atoms with E-state index < -0.39 is 0 Å². The third kappa shape index (κ3) is 0.733. The summed E-state index contributed by atoms with van der Waals surface area (Å²) in [5, 5.41) is 0. The van der Waals surface area contributed by atoms with E-state index in [1.807, 2.05) is 6.07 Å². The van der Waals surface area contributed by atoms with Crippen LogP contribution in [0.15, 0.2) is 23.3 Å². The molecular formula is C6H4N2OS. The third-order valence-electron chi connectivity index (χ3n) is 1.22. The molecule has 0 saturated carbocycles. The smallest absolute Gasteiger partial charge is 0.305 e. The third-order valence-corrected chi connectivity index (χ3v) is 2.08. The summed E-state index contributed by atoms with van der Waals surface area (Å²) in [5.74, 6) is 0. The number of thiazole rings is 1. The highest BCUT2D eigenvalue weighted by Crippen LogP contribution is 2.10. The van der Waals surface area contributed by atoms with Crippen LogP contribution in [0, 0.1) is 0 Å². The number of nitrogens with one attached hydrogen (secondary N) is 1. The number of aromatic nitrogens is 2. The van der Waals surface area contributed by atoms with Gasteiger partial charge in [0.05, 0.1) is 16.4 Å². The molecule has 0 radical (unpaired) electrons. The normalized spacial score (nSPS) is 10.4. The summed E-state index contributed by atoms with van der Waals surface area (Å²) in [4.78, 5) is 17.2. The number of H-pyrrole nitrogens is 1. The average molecular weight is 152 g/mol. The maximum Gasteiger partial charge on any atom is 0.305 e. The van der Waals surface area contributed by atoms with Gasteiger partial charge in [0.1, 0.15) is 0 Å². The highest BCUT2D eigenvalue weighted by atomic mass is 32.1. The lowest BCUT2D eigenvalue weighted by Crippen LogP contribution is -1.89. The molecule has 50 valence electrons. The van der Waals surface area contributed by atoms with Crippen LogP contribution < -0.4 is 4.87 Å². The van der Waals surface area contributed by atoms with E-state index in [9.17, 15) is 4.79 Å². The Balaban J connectivity index is 3.01. The van der Waals surface area contributed by atoms with Gasteiger partial charge in [-0.1, -0.05) is 11.3 Å². The predicted octanol–water partition coefficient (Wildman–Crippen LogP) is 0.985. The number of rotatable bonds is 0. The molecule has 2 rings (SSSR count). The second-order valence-electron chi connectivity index (χ2n) is 1.89. The van der Waals surface area contributed by atoms with Gasteiger partial charge in [0.25, 0.3) is 0 Å². The van der Waals surface area contributed by atoms with Gasteiger partial charge in [-0.05, 0) is 6.07 Å². The van der Waals surface area contributed by atoms with Crippen molar-refractivity contribution in [1.82, 2.24) is 9.97 Å². The number of nitrogens with zero attached hydrogens (tertiary/aromatic N) is 1. The van der Waals surface area contributed by atoms with Crippen LogP contribution in [0.5, 0.6) is 0 Å². The van der Waals surface area contributed by atoms with Crippen molar-refractivity contribution in [1.29, 1.82) is 0 Å². The van der Waals surface area contributed by atoms with Crippen LogP contribution >= 0.6 is 11.3 Å². The number of aromatic amines is 1. The fourth-order valence-electron chi connectivity index (χ4n) is 0.800. The molecule has 0 unspecified atom stereocenters. The van der Waals surface area contributed by atoms with E-state index in [-0.39, 0.29) is 4.87 Å². The summed E-state index contributed by atoms with van der Waals surface area (Å²) in [5.41, 5.74) is 0.817. The van der Waals surface area contributed by atoms with Gasteiger partial charge in [0, 0.05) is 6.20 Å². The molecular weight excluding hydrogens is 148 g/mol. The van der Waals surface area contributed by atoms with Crippen molar-refractivity contribution in [2.45, 2.75) is 0 Å². The number of pyridine rings is 1. The first-order valence-electron chi connectivity index (χ1n) is 2.79. The minimum absolute atomic E-state index is 0.0250. The van der Waals surface area contributed by atoms with Crippen LogP contribution in [-0.4, -0.2) is 9.97 Å². The van der Waals surface area contributed by atoms with Gasteiger partial charge in [0.2, 0.25) is 0 Å². The van der Waals surface area contributed by atoms with Crippen molar-refractivity contribution in [2.24, 2.45) is 0 Å². The summed E-state index contributed by atoms with van der Waals surface area (Å²) in [7, 11) is 0. The van der Waals surface area contributed by atoms with Crippen molar-refractivity contribution in [3.63, 3.8) is 0 Å². The minimum Gasteiger partial charge on any atom is -0.311 e. The number of hydrogen-bond acceptors (Lipinski definition) is 3. The largest absolute Gasteiger partial charge is 0.311 e. The summed E-state index contributed by atoms with van der Waals surface area (Å²) in [6.07, 6.45) is 3.32. The molecule has 0 aliphatic heterocycles. The predicted molar refractivity (Wildman–Crippen MR) is 40.2 cm³/mol. The zero-order chi connectivity index (χ0) is 6.97. The molecule has 3 nitrogen and oxygen atoms in total. The first kappa shape index (κ1) is 5.61. The van der Waals surface area contributed by atoms with Crippen molar-refractivity contribution in [2.75, 3.05) is 0 Å². The molecule has 2 aromatic rings. The summed E-state index contributed by atoms with van der Waals surface area (Å²) in [6, 6.07) is 1.82. The van der Waals surface area contributed by atoms with Crippen LogP contribution in [-0.2, 0) is 0 Å². The Kier molecular flexibility index (Phi) is 1.07. The summed E-state index contributed by atoms with van der Waals surface area (Å²) >= 11 is 1.20. The van der Waals surface area contributed by atoms with Crippen molar-refractivity contribution >= 4 is 21.6 Å². The molecule has 2 aromatic heterocycles. The van der Waals surface area contributed by atoms with Crippen LogP contribution in [0.25, 0.3) is 10.2 Å². The molecule has 0 fully saturated rings. The zero-order valence-corrected chi connectivity index (χ0v) is 5.81. The van der Waals surface area contributed by atoms with E-state index in [1.54, 1.807) is 12.4 Å². The Labute approximate surface area is 60.4 Å². The molecule has 4 heteroatoms. The van der Waals surface area contributed by atoms with Gasteiger partial charge in [-0.2, -0.15) is 0 Å². The van der Waals surface area contributed by atoms with E-state index in [2.05, 4.69) is 9.97 Å². The fourth-order valence-corrected chi connectivity index (χ4v) is 1.50. The number of fused-ring (bicyclic) bond motifs is 1. The lowest BCUT2D eigenvalue weighted by atomic mass is 10.5. The topological polar surface area (TPSA) is 45.8 Å². The van der Waals surface area contributed by atoms with Crippen molar-refractivity contribution in [3.05, 3.63) is 28.1 Å². The van der Waals surface area contributed by atoms with Crippen LogP contribution in [0.1, 0.15) is 0 Å². The maximum atomic E-state index is 10.7. The molecule has 0 saturated heterocycles. The Morgan fingerprint density at radius 1 is 1.60 bits per heavy atom. The van der Waals surface area contributed by atoms with E-state index in [0.717, 1.165) is 10.2 Å². The molecule has 0 aromatic carbocycles. The van der Waals surface area contributed by atoms with E-state index in [1.165, 1.54) is 11.3 Å². The van der Waals surface area contributed by atoms with Gasteiger partial charge in [-0.3, -0.25) is 9.78 Å². The molecule has 0 aliphatic carbocycles. The Morgan fingerprint density at radius 3 is 3.30 bits per heavy atom. The molecule has 0 spiro atoms. The molecule has 0 amide bonds. The van der Waals surface area contributed by atoms with Gasteiger partial charge < -0.3 is 4.98 Å². The highest BCUT2D eigenvalue weighted by molar-refractivity contribution is 7.16. The second kappa shape index (κ2) is 1.91. The quantitative estimate of drug-likeness (QED) is 0.611. The maximum absolute atomic E-state index is 10.7. The Bertz CT molecular complexity index is 367. The van der Waals surface area contributed by atoms with Crippen LogP contribution in [0.2, 0.25) is 0 Å². The summed E-state index contributed by atoms with van der Waals surface area (Å²) in [6.45, 7) is 0. The molecule has 10 heavy (non-hydrogen) atoms. The zero-order valence-electron chi connectivity index (χ0n) is 5.00. The van der Waals surface area contributed by atoms with Crippen molar-refractivity contribution < 1.29 is 0 Å². The first-order valence-corrected chi connectivity index (χ1v) is 3.61. The lowest BCUT2D eigenvalue weighted by molar-refractivity contribution is 1.32. The van der Waals surface area contributed by atoms with Gasteiger partial charge in [-0.15, -0.1) is 0 Å². The van der Waals surface area contributed by atoms with E-state index in [4.69, 9.17) is 0 Å². The Morgan fingerprint density at radius 2 is 2.50 bits per heavy atom. The first-order chi connectivity index (χ1) is 4.86. The average Bonchev–Trinajstić information content (AvgIpc) is 2.27. The molecule has 0 bridgehead atoms.